The van der Waals surface area contributed by atoms with Crippen LogP contribution in [0.25, 0.3) is 0 Å². The fourth-order valence-electron chi connectivity index (χ4n) is 11.0. The maximum atomic E-state index is 15.3. The van der Waals surface area contributed by atoms with Crippen molar-refractivity contribution in [1.29, 1.82) is 0 Å². The highest BCUT2D eigenvalue weighted by atomic mass is 32.2. The number of hydrogen-bond acceptors (Lipinski definition) is 15. The van der Waals surface area contributed by atoms with Crippen molar-refractivity contribution in [3.05, 3.63) is 315 Å². The lowest BCUT2D eigenvalue weighted by atomic mass is 9.77. The molecule has 450 valence electrons. The zero-order valence-electron chi connectivity index (χ0n) is 49.1. The maximum Gasteiger partial charge on any atom is 0.413 e. The van der Waals surface area contributed by atoms with Gasteiger partial charge >= 0.3 is 12.1 Å². The highest BCUT2D eigenvalue weighted by Crippen LogP contribution is 2.47. The summed E-state index contributed by atoms with van der Waals surface area (Å²) in [7, 11) is 0. The van der Waals surface area contributed by atoms with Gasteiger partial charge in [0.15, 0.2) is 22.5 Å². The minimum atomic E-state index is -1.41. The van der Waals surface area contributed by atoms with Crippen LogP contribution in [0.3, 0.4) is 0 Å². The van der Waals surface area contributed by atoms with Gasteiger partial charge in [-0.3, -0.25) is 19.8 Å². The van der Waals surface area contributed by atoms with Gasteiger partial charge in [-0.15, -0.1) is 40.0 Å². The van der Waals surface area contributed by atoms with Gasteiger partial charge in [0.05, 0.1) is 11.3 Å². The van der Waals surface area contributed by atoms with Crippen LogP contribution < -0.4 is 10.6 Å². The van der Waals surface area contributed by atoms with Crippen molar-refractivity contribution in [3.8, 4) is 0 Å². The maximum absolute atomic E-state index is 15.3. The fraction of sp³-hybridized carbons (Fsp3) is 0.155. The second kappa shape index (κ2) is 27.1. The summed E-state index contributed by atoms with van der Waals surface area (Å²) in [5, 5.41) is 22.4. The predicted molar refractivity (Wildman–Crippen MR) is 355 cm³/mol. The second-order valence-corrected chi connectivity index (χ2v) is 26.3. The fourth-order valence-corrected chi connectivity index (χ4v) is 15.3. The number of β-lactam (4-membered cyclic amide) rings is 1. The number of thioether (sulfide) groups is 3. The standard InChI is InChI=1S/C71H60N8O7S4/c1-69(2,3)85-68(83)75-67-73-56(45-88-67)59(77-86-71(53-38-22-9-23-39-53,54-40-24-10-25-41-54)55-42-26-11-27-43-55)63(80)74-60-64(81)78-61(66(82)84-62(48-28-12-4-13-29-48)49-30-14-5-15-31-49)57(46-87-65(60)78)89-47-90-58-44-72-79(76-58)70(50-32-16-6-17-33-50,51-34-18-7-19-35-51)52-36-20-8-21-37-52/h4-45,60,62,65H,46-47H2,1-3H3,(H,74,80)(H,73,75,83)/b77-59-/t60-,65-/m1/s1. The number of carbonyl (C=O) groups is 4. The molecule has 1 saturated heterocycles. The average molecular weight is 1270 g/mol. The van der Waals surface area contributed by atoms with Gasteiger partial charge < -0.3 is 19.6 Å². The van der Waals surface area contributed by atoms with E-state index in [9.17, 15) is 4.79 Å². The molecule has 15 nitrogen and oxygen atoms in total. The van der Waals surface area contributed by atoms with Crippen molar-refractivity contribution in [3.63, 3.8) is 0 Å². The van der Waals surface area contributed by atoms with Gasteiger partial charge in [-0.2, -0.15) is 9.90 Å². The van der Waals surface area contributed by atoms with Crippen molar-refractivity contribution in [2.75, 3.05) is 16.2 Å². The number of hydrogen-bond donors (Lipinski definition) is 2. The van der Waals surface area contributed by atoms with Gasteiger partial charge in [0, 0.05) is 32.7 Å². The molecule has 12 rings (SSSR count). The number of benzene rings is 8. The molecule has 0 radical (unpaired) electrons. The molecule has 0 saturated carbocycles. The van der Waals surface area contributed by atoms with Crippen LogP contribution in [-0.4, -0.2) is 82.3 Å². The van der Waals surface area contributed by atoms with Crippen molar-refractivity contribution >= 4 is 81.3 Å². The summed E-state index contributed by atoms with van der Waals surface area (Å²) in [6.45, 7) is 5.24. The Morgan fingerprint density at radius 1 is 0.644 bits per heavy atom. The lowest BCUT2D eigenvalue weighted by Crippen LogP contribution is -2.71. The van der Waals surface area contributed by atoms with Crippen LogP contribution in [-0.2, 0) is 39.8 Å². The number of rotatable bonds is 21. The summed E-state index contributed by atoms with van der Waals surface area (Å²) >= 11 is 5.31. The third-order valence-electron chi connectivity index (χ3n) is 15.0. The second-order valence-electron chi connectivity index (χ2n) is 21.9. The summed E-state index contributed by atoms with van der Waals surface area (Å²) in [5.74, 6) is -1.77. The van der Waals surface area contributed by atoms with Crippen molar-refractivity contribution in [2.45, 2.75) is 60.1 Å². The number of nitrogens with zero attached hydrogens (tertiary/aromatic N) is 6. The van der Waals surface area contributed by atoms with Crippen LogP contribution >= 0.6 is 46.6 Å². The molecule has 2 aromatic heterocycles. The number of nitrogens with one attached hydrogen (secondary N) is 2. The summed E-state index contributed by atoms with van der Waals surface area (Å²) in [6.07, 6.45) is 0.174. The van der Waals surface area contributed by atoms with Crippen molar-refractivity contribution < 1.29 is 33.5 Å². The van der Waals surface area contributed by atoms with E-state index >= 15 is 14.4 Å². The first-order valence-corrected chi connectivity index (χ1v) is 32.8. The van der Waals surface area contributed by atoms with Crippen LogP contribution in [0.4, 0.5) is 9.93 Å². The number of esters is 1. The topological polar surface area (TPSA) is 179 Å². The normalized spacial score (nSPS) is 15.1. The minimum Gasteiger partial charge on any atom is -0.448 e. The van der Waals surface area contributed by atoms with E-state index in [-0.39, 0.29) is 28.0 Å². The van der Waals surface area contributed by atoms with Crippen LogP contribution in [0, 0.1) is 0 Å². The molecule has 0 aliphatic carbocycles. The number of thiazole rings is 1. The van der Waals surface area contributed by atoms with E-state index in [0.717, 1.165) is 39.2 Å². The third-order valence-corrected chi connectivity index (χ3v) is 19.3. The van der Waals surface area contributed by atoms with Crippen LogP contribution in [0.1, 0.15) is 77.1 Å². The van der Waals surface area contributed by atoms with E-state index in [1.165, 1.54) is 40.2 Å². The molecule has 2 aliphatic heterocycles. The highest BCUT2D eigenvalue weighted by molar-refractivity contribution is 8.18. The number of amides is 3. The third kappa shape index (κ3) is 12.7. The summed E-state index contributed by atoms with van der Waals surface area (Å²) in [5.41, 5.74) is 3.22. The smallest absolute Gasteiger partial charge is 0.413 e. The number of fused-ring (bicyclic) bond motifs is 1. The van der Waals surface area contributed by atoms with E-state index in [1.807, 2.05) is 206 Å². The molecule has 1 fully saturated rings. The molecular formula is C71H60N8O7S4. The number of aromatic nitrogens is 4. The van der Waals surface area contributed by atoms with Crippen LogP contribution in [0.5, 0.6) is 0 Å². The predicted octanol–water partition coefficient (Wildman–Crippen LogP) is 14.1. The SMILES string of the molecule is CC(C)(C)OC(=O)Nc1nc(/C(=N/OC(c2ccccc2)(c2ccccc2)c2ccccc2)C(=O)N[C@@H]2C(=O)N3C(C(=O)OC(c4ccccc4)c4ccccc4)=C(SCSc4cnn(C(c5ccccc5)(c5ccccc5)c5ccccc5)n4)CS[C@H]23)cs1. The largest absolute Gasteiger partial charge is 0.448 e. The highest BCUT2D eigenvalue weighted by Gasteiger charge is 2.55. The van der Waals surface area contributed by atoms with Crippen molar-refractivity contribution in [2.24, 2.45) is 5.16 Å². The molecule has 3 amide bonds. The Morgan fingerprint density at radius 2 is 1.11 bits per heavy atom. The Kier molecular flexibility index (Phi) is 18.3. The molecule has 10 aromatic rings. The monoisotopic (exact) mass is 1260 g/mol. The van der Waals surface area contributed by atoms with E-state index in [2.05, 4.69) is 52.0 Å². The molecule has 0 bridgehead atoms. The van der Waals surface area contributed by atoms with Gasteiger partial charge in [-0.25, -0.2) is 14.6 Å². The van der Waals surface area contributed by atoms with Crippen LogP contribution in [0.2, 0.25) is 0 Å². The van der Waals surface area contributed by atoms with Gasteiger partial charge in [0.1, 0.15) is 33.4 Å². The number of oxime groups is 1. The molecule has 2 atom stereocenters. The van der Waals surface area contributed by atoms with Crippen LogP contribution in [0.15, 0.2) is 275 Å². The molecular weight excluding hydrogens is 1210 g/mol. The molecule has 4 heterocycles. The average Bonchev–Trinajstić information content (AvgIpc) is 0.962. The van der Waals surface area contributed by atoms with E-state index in [4.69, 9.17) is 29.7 Å². The zero-order chi connectivity index (χ0) is 62.1. The number of anilines is 1. The first-order valence-electron chi connectivity index (χ1n) is 28.9. The Morgan fingerprint density at radius 3 is 1.59 bits per heavy atom. The molecule has 2 aliphatic rings. The lowest BCUT2D eigenvalue weighted by Gasteiger charge is -2.49. The minimum absolute atomic E-state index is 0.0469. The van der Waals surface area contributed by atoms with Gasteiger partial charge in [-0.1, -0.05) is 260 Å². The molecule has 2 N–H and O–H groups in total. The number of ether oxygens (including phenoxy) is 2. The summed E-state index contributed by atoms with van der Waals surface area (Å²) in [6, 6.07) is 76.9. The lowest BCUT2D eigenvalue weighted by molar-refractivity contribution is -0.154. The molecule has 90 heavy (non-hydrogen) atoms. The summed E-state index contributed by atoms with van der Waals surface area (Å²) in [4.78, 5) is 74.0. The first kappa shape index (κ1) is 60.7. The first-order chi connectivity index (χ1) is 43.9. The quantitative estimate of drug-likeness (QED) is 0.0132. The Hall–Kier alpha value is -9.53. The molecule has 0 spiro atoms. The molecule has 19 heteroatoms. The van der Waals surface area contributed by atoms with E-state index < -0.39 is 58.1 Å². The summed E-state index contributed by atoms with van der Waals surface area (Å²) < 4.78 is 12.1. The zero-order valence-corrected chi connectivity index (χ0v) is 52.3. The Balaban J connectivity index is 0.875. The molecule has 8 aromatic carbocycles. The molecule has 0 unspecified atom stereocenters. The van der Waals surface area contributed by atoms with Gasteiger partial charge in [0.2, 0.25) is 5.60 Å². The number of carbonyl (C=O) groups excluding carboxylic acids is 4. The van der Waals surface area contributed by atoms with Crippen molar-refractivity contribution in [1.82, 2.24) is 30.2 Å². The van der Waals surface area contributed by atoms with Gasteiger partial charge in [0.25, 0.3) is 11.8 Å². The van der Waals surface area contributed by atoms with E-state index in [0.29, 0.717) is 31.7 Å². The Bertz CT molecular complexity index is 3950. The Labute approximate surface area is 538 Å². The van der Waals surface area contributed by atoms with Gasteiger partial charge in [-0.05, 0) is 48.6 Å². The van der Waals surface area contributed by atoms with E-state index in [1.54, 1.807) is 37.1 Å².